The van der Waals surface area contributed by atoms with Gasteiger partial charge in [0.05, 0.1) is 11.6 Å². The molecule has 0 N–H and O–H groups in total. The number of aryl methyl sites for hydroxylation is 1. The summed E-state index contributed by atoms with van der Waals surface area (Å²) in [6, 6.07) is 21.7. The van der Waals surface area contributed by atoms with E-state index in [2.05, 4.69) is 11.1 Å². The van der Waals surface area contributed by atoms with Gasteiger partial charge in [-0.05, 0) is 36.8 Å². The average molecular weight is 300 g/mol. The lowest BCUT2D eigenvalue weighted by Crippen LogP contribution is -1.96. The Hall–Kier alpha value is -3.12. The van der Waals surface area contributed by atoms with E-state index < -0.39 is 0 Å². The second-order valence-corrected chi connectivity index (χ2v) is 5.23. The SMILES string of the molecule is Cc1ncccc1-c1ccc(OCc2ccccc2)cc1C#N. The standard InChI is InChI=1S/C20H16N2O/c1-15-19(8-5-11-22-15)20-10-9-18(12-17(20)13-21)23-14-16-6-3-2-4-7-16/h2-12H,14H2,1H3. The van der Waals surface area contributed by atoms with Gasteiger partial charge in [0.15, 0.2) is 0 Å². The lowest BCUT2D eigenvalue weighted by molar-refractivity contribution is 0.306. The molecule has 3 rings (SSSR count). The van der Waals surface area contributed by atoms with Gasteiger partial charge >= 0.3 is 0 Å². The molecule has 3 aromatic rings. The van der Waals surface area contributed by atoms with Crippen molar-refractivity contribution in [1.82, 2.24) is 4.98 Å². The summed E-state index contributed by atoms with van der Waals surface area (Å²) < 4.78 is 5.79. The summed E-state index contributed by atoms with van der Waals surface area (Å²) in [7, 11) is 0. The summed E-state index contributed by atoms with van der Waals surface area (Å²) in [5.74, 6) is 0.690. The Labute approximate surface area is 135 Å². The highest BCUT2D eigenvalue weighted by atomic mass is 16.5. The van der Waals surface area contributed by atoms with Crippen molar-refractivity contribution in [3.8, 4) is 22.9 Å². The molecule has 0 bridgehead atoms. The van der Waals surface area contributed by atoms with Crippen LogP contribution < -0.4 is 4.74 Å². The van der Waals surface area contributed by atoms with Crippen LogP contribution in [0.15, 0.2) is 66.9 Å². The molecule has 3 heteroatoms. The molecule has 0 amide bonds. The van der Waals surface area contributed by atoms with Crippen LogP contribution in [0.3, 0.4) is 0 Å². The molecule has 0 spiro atoms. The fourth-order valence-corrected chi connectivity index (χ4v) is 2.45. The molecule has 3 nitrogen and oxygen atoms in total. The Morgan fingerprint density at radius 3 is 2.57 bits per heavy atom. The highest BCUT2D eigenvalue weighted by molar-refractivity contribution is 5.73. The van der Waals surface area contributed by atoms with E-state index in [-0.39, 0.29) is 0 Å². The quantitative estimate of drug-likeness (QED) is 0.712. The van der Waals surface area contributed by atoms with E-state index in [9.17, 15) is 5.26 Å². The summed E-state index contributed by atoms with van der Waals surface area (Å²) in [6.07, 6.45) is 1.75. The zero-order valence-corrected chi connectivity index (χ0v) is 12.9. The first-order valence-corrected chi connectivity index (χ1v) is 7.41. The number of hydrogen-bond donors (Lipinski definition) is 0. The minimum Gasteiger partial charge on any atom is -0.489 e. The van der Waals surface area contributed by atoms with Crippen LogP contribution in [0.25, 0.3) is 11.1 Å². The Bertz CT molecular complexity index is 851. The first kappa shape index (κ1) is 14.8. The minimum absolute atomic E-state index is 0.483. The van der Waals surface area contributed by atoms with Gasteiger partial charge in [0, 0.05) is 23.0 Å². The fourth-order valence-electron chi connectivity index (χ4n) is 2.45. The van der Waals surface area contributed by atoms with Crippen molar-refractivity contribution in [2.24, 2.45) is 0 Å². The molecule has 0 saturated heterocycles. The van der Waals surface area contributed by atoms with Gasteiger partial charge in [-0.15, -0.1) is 0 Å². The normalized spacial score (nSPS) is 10.1. The highest BCUT2D eigenvalue weighted by Gasteiger charge is 2.09. The lowest BCUT2D eigenvalue weighted by Gasteiger charge is -2.10. The zero-order chi connectivity index (χ0) is 16.1. The molecular weight excluding hydrogens is 284 g/mol. The van der Waals surface area contributed by atoms with Gasteiger partial charge in [0.2, 0.25) is 0 Å². The van der Waals surface area contributed by atoms with E-state index in [1.807, 2.05) is 61.5 Å². The molecule has 1 heterocycles. The van der Waals surface area contributed by atoms with Gasteiger partial charge in [-0.3, -0.25) is 4.98 Å². The third-order valence-electron chi connectivity index (χ3n) is 3.66. The molecule has 0 aliphatic heterocycles. The van der Waals surface area contributed by atoms with Crippen LogP contribution in [0, 0.1) is 18.3 Å². The van der Waals surface area contributed by atoms with Gasteiger partial charge in [-0.25, -0.2) is 0 Å². The van der Waals surface area contributed by atoms with Gasteiger partial charge < -0.3 is 4.74 Å². The van der Waals surface area contributed by atoms with Crippen molar-refractivity contribution in [2.45, 2.75) is 13.5 Å². The van der Waals surface area contributed by atoms with E-state index in [1.54, 1.807) is 12.3 Å². The molecule has 0 unspecified atom stereocenters. The van der Waals surface area contributed by atoms with Gasteiger partial charge in [0.1, 0.15) is 12.4 Å². The molecule has 0 aliphatic rings. The average Bonchev–Trinajstić information content (AvgIpc) is 2.61. The maximum absolute atomic E-state index is 9.45. The number of hydrogen-bond acceptors (Lipinski definition) is 3. The second-order valence-electron chi connectivity index (χ2n) is 5.23. The number of rotatable bonds is 4. The van der Waals surface area contributed by atoms with Crippen molar-refractivity contribution < 1.29 is 4.74 Å². The van der Waals surface area contributed by atoms with Crippen LogP contribution in [-0.4, -0.2) is 4.98 Å². The number of nitriles is 1. The van der Waals surface area contributed by atoms with Crippen LogP contribution in [-0.2, 0) is 6.61 Å². The van der Waals surface area contributed by atoms with E-state index in [4.69, 9.17) is 4.74 Å². The van der Waals surface area contributed by atoms with Crippen LogP contribution in [0.2, 0.25) is 0 Å². The van der Waals surface area contributed by atoms with Crippen molar-refractivity contribution >= 4 is 0 Å². The summed E-state index contributed by atoms with van der Waals surface area (Å²) in [4.78, 5) is 4.29. The van der Waals surface area contributed by atoms with E-state index in [1.165, 1.54) is 0 Å². The number of benzene rings is 2. The predicted octanol–water partition coefficient (Wildman–Crippen LogP) is 4.51. The van der Waals surface area contributed by atoms with E-state index >= 15 is 0 Å². The predicted molar refractivity (Wildman–Crippen MR) is 89.9 cm³/mol. The molecule has 0 fully saturated rings. The fraction of sp³-hybridized carbons (Fsp3) is 0.100. The first-order valence-electron chi connectivity index (χ1n) is 7.41. The molecular formula is C20H16N2O. The largest absolute Gasteiger partial charge is 0.489 e. The molecule has 0 atom stereocenters. The maximum atomic E-state index is 9.45. The monoisotopic (exact) mass is 300 g/mol. The van der Waals surface area contributed by atoms with Crippen LogP contribution in [0.1, 0.15) is 16.8 Å². The molecule has 1 aromatic heterocycles. The van der Waals surface area contributed by atoms with Crippen molar-refractivity contribution in [3.05, 3.63) is 83.7 Å². The van der Waals surface area contributed by atoms with Crippen molar-refractivity contribution in [2.75, 3.05) is 0 Å². The highest BCUT2D eigenvalue weighted by Crippen LogP contribution is 2.28. The summed E-state index contributed by atoms with van der Waals surface area (Å²) in [6.45, 7) is 2.42. The van der Waals surface area contributed by atoms with Gasteiger partial charge in [-0.2, -0.15) is 5.26 Å². The molecule has 0 aliphatic carbocycles. The Kier molecular flexibility index (Phi) is 4.35. The van der Waals surface area contributed by atoms with Gasteiger partial charge in [-0.1, -0.05) is 36.4 Å². The topological polar surface area (TPSA) is 45.9 Å². The van der Waals surface area contributed by atoms with Gasteiger partial charge in [0.25, 0.3) is 0 Å². The van der Waals surface area contributed by atoms with E-state index in [0.717, 1.165) is 22.4 Å². The Morgan fingerprint density at radius 2 is 1.83 bits per heavy atom. The number of pyridine rings is 1. The summed E-state index contributed by atoms with van der Waals surface area (Å²) in [5, 5.41) is 9.45. The number of aromatic nitrogens is 1. The van der Waals surface area contributed by atoms with Crippen molar-refractivity contribution in [3.63, 3.8) is 0 Å². The molecule has 23 heavy (non-hydrogen) atoms. The molecule has 112 valence electrons. The third-order valence-corrected chi connectivity index (χ3v) is 3.66. The molecule has 0 saturated carbocycles. The zero-order valence-electron chi connectivity index (χ0n) is 12.9. The van der Waals surface area contributed by atoms with Crippen molar-refractivity contribution in [1.29, 1.82) is 5.26 Å². The minimum atomic E-state index is 0.483. The van der Waals surface area contributed by atoms with Crippen LogP contribution in [0.4, 0.5) is 0 Å². The molecule has 2 aromatic carbocycles. The van der Waals surface area contributed by atoms with Crippen LogP contribution >= 0.6 is 0 Å². The third kappa shape index (κ3) is 3.38. The maximum Gasteiger partial charge on any atom is 0.121 e. The Morgan fingerprint density at radius 1 is 1.00 bits per heavy atom. The van der Waals surface area contributed by atoms with E-state index in [0.29, 0.717) is 17.9 Å². The molecule has 0 radical (unpaired) electrons. The summed E-state index contributed by atoms with van der Waals surface area (Å²) >= 11 is 0. The number of ether oxygens (including phenoxy) is 1. The summed E-state index contributed by atoms with van der Waals surface area (Å²) in [5.41, 5.74) is 4.44. The number of nitrogens with zero attached hydrogens (tertiary/aromatic N) is 2. The lowest BCUT2D eigenvalue weighted by atomic mass is 9.99. The first-order chi connectivity index (χ1) is 11.3. The van der Waals surface area contributed by atoms with Crippen LogP contribution in [0.5, 0.6) is 5.75 Å². The smallest absolute Gasteiger partial charge is 0.121 e. The Balaban J connectivity index is 1.86. The second kappa shape index (κ2) is 6.76.